The van der Waals surface area contributed by atoms with Gasteiger partial charge in [0.2, 0.25) is 0 Å². The Morgan fingerprint density at radius 1 is 1.45 bits per heavy atom. The van der Waals surface area contributed by atoms with E-state index in [2.05, 4.69) is 22.1 Å². The second-order valence-corrected chi connectivity index (χ2v) is 5.59. The van der Waals surface area contributed by atoms with Crippen molar-refractivity contribution in [1.82, 2.24) is 9.88 Å². The Kier molecular flexibility index (Phi) is 5.53. The van der Waals surface area contributed by atoms with E-state index in [4.69, 9.17) is 4.74 Å². The number of anilines is 1. The second-order valence-electron chi connectivity index (χ2n) is 5.59. The van der Waals surface area contributed by atoms with E-state index >= 15 is 0 Å². The highest BCUT2D eigenvalue weighted by Gasteiger charge is 2.16. The third-order valence-electron chi connectivity index (χ3n) is 2.08. The molecule has 20 heavy (non-hydrogen) atoms. The normalized spacial score (nSPS) is 10.7. The molecular weight excluding hydrogens is 254 g/mol. The first-order valence-electron chi connectivity index (χ1n) is 6.35. The summed E-state index contributed by atoms with van der Waals surface area (Å²) in [5.41, 5.74) is 0.726. The average Bonchev–Trinajstić information content (AvgIpc) is 2.28. The van der Waals surface area contributed by atoms with Gasteiger partial charge in [0.05, 0.1) is 24.0 Å². The van der Waals surface area contributed by atoms with E-state index in [0.717, 1.165) is 0 Å². The van der Waals surface area contributed by atoms with Crippen LogP contribution in [-0.2, 0) is 4.74 Å². The molecule has 0 spiro atoms. The number of nitrogens with zero attached hydrogens (tertiary/aromatic N) is 2. The number of carbonyl (C=O) groups excluding carboxylic acids is 1. The van der Waals surface area contributed by atoms with Crippen LogP contribution in [0.25, 0.3) is 0 Å². The summed E-state index contributed by atoms with van der Waals surface area (Å²) in [7, 11) is 3.89. The molecule has 1 aromatic rings. The molecule has 0 saturated carbocycles. The first-order valence-corrected chi connectivity index (χ1v) is 6.35. The van der Waals surface area contributed by atoms with E-state index in [1.54, 1.807) is 18.5 Å². The standard InChI is InChI=1S/C15H21N3O2/c1-15(2,3)20-14(19)17-13-11-16-9-8-12(13)7-6-10-18(4)5/h8-9,11H,10H2,1-5H3,(H,17,19). The summed E-state index contributed by atoms with van der Waals surface area (Å²) in [5, 5.41) is 2.67. The van der Waals surface area contributed by atoms with E-state index in [1.165, 1.54) is 0 Å². The largest absolute Gasteiger partial charge is 0.444 e. The zero-order valence-electron chi connectivity index (χ0n) is 12.7. The molecule has 108 valence electrons. The molecule has 0 atom stereocenters. The van der Waals surface area contributed by atoms with Gasteiger partial charge in [0, 0.05) is 6.20 Å². The van der Waals surface area contributed by atoms with Crippen molar-refractivity contribution in [3.8, 4) is 11.8 Å². The number of hydrogen-bond acceptors (Lipinski definition) is 4. The van der Waals surface area contributed by atoms with Crippen LogP contribution in [-0.4, -0.2) is 42.2 Å². The van der Waals surface area contributed by atoms with Gasteiger partial charge in [-0.2, -0.15) is 0 Å². The first-order chi connectivity index (χ1) is 9.28. The van der Waals surface area contributed by atoms with Gasteiger partial charge in [-0.15, -0.1) is 0 Å². The number of rotatable bonds is 2. The zero-order valence-corrected chi connectivity index (χ0v) is 12.7. The molecule has 0 aliphatic carbocycles. The summed E-state index contributed by atoms with van der Waals surface area (Å²) in [4.78, 5) is 17.7. The van der Waals surface area contributed by atoms with Gasteiger partial charge in [-0.05, 0) is 40.9 Å². The fraction of sp³-hybridized carbons (Fsp3) is 0.467. The molecule has 0 radical (unpaired) electrons. The predicted octanol–water partition coefficient (Wildman–Crippen LogP) is 2.34. The third kappa shape index (κ3) is 6.21. The maximum absolute atomic E-state index is 11.7. The van der Waals surface area contributed by atoms with Crippen molar-refractivity contribution < 1.29 is 9.53 Å². The maximum Gasteiger partial charge on any atom is 0.412 e. The zero-order chi connectivity index (χ0) is 15.2. The predicted molar refractivity (Wildman–Crippen MR) is 79.5 cm³/mol. The van der Waals surface area contributed by atoms with E-state index in [9.17, 15) is 4.79 Å². The van der Waals surface area contributed by atoms with Gasteiger partial charge in [0.25, 0.3) is 0 Å². The van der Waals surface area contributed by atoms with Crippen molar-refractivity contribution in [3.63, 3.8) is 0 Å². The lowest BCUT2D eigenvalue weighted by atomic mass is 10.2. The van der Waals surface area contributed by atoms with Gasteiger partial charge in [0.15, 0.2) is 0 Å². The molecule has 0 unspecified atom stereocenters. The summed E-state index contributed by atoms with van der Waals surface area (Å²) in [5.74, 6) is 6.03. The second kappa shape index (κ2) is 6.92. The summed E-state index contributed by atoms with van der Waals surface area (Å²) >= 11 is 0. The Bertz CT molecular complexity index is 522. The van der Waals surface area contributed by atoms with Gasteiger partial charge < -0.3 is 4.74 Å². The molecule has 0 bridgehead atoms. The number of hydrogen-bond donors (Lipinski definition) is 1. The highest BCUT2D eigenvalue weighted by molar-refractivity contribution is 5.86. The number of ether oxygens (including phenoxy) is 1. The van der Waals surface area contributed by atoms with Gasteiger partial charge in [-0.3, -0.25) is 15.2 Å². The summed E-state index contributed by atoms with van der Waals surface area (Å²) in [6, 6.07) is 1.76. The van der Waals surface area contributed by atoms with Crippen LogP contribution in [0.5, 0.6) is 0 Å². The molecule has 1 heterocycles. The number of pyridine rings is 1. The molecule has 0 fully saturated rings. The Labute approximate surface area is 120 Å². The van der Waals surface area contributed by atoms with Crippen LogP contribution in [0.2, 0.25) is 0 Å². The van der Waals surface area contributed by atoms with E-state index in [-0.39, 0.29) is 0 Å². The fourth-order valence-electron chi connectivity index (χ4n) is 1.31. The van der Waals surface area contributed by atoms with Crippen LogP contribution in [0.4, 0.5) is 10.5 Å². The fourth-order valence-corrected chi connectivity index (χ4v) is 1.31. The lowest BCUT2D eigenvalue weighted by Gasteiger charge is -2.19. The van der Waals surface area contributed by atoms with E-state index in [1.807, 2.05) is 39.8 Å². The third-order valence-corrected chi connectivity index (χ3v) is 2.08. The number of aromatic nitrogens is 1. The van der Waals surface area contributed by atoms with Crippen molar-refractivity contribution in [1.29, 1.82) is 0 Å². The van der Waals surface area contributed by atoms with Gasteiger partial charge >= 0.3 is 6.09 Å². The minimum atomic E-state index is -0.539. The molecule has 0 aromatic carbocycles. The lowest BCUT2D eigenvalue weighted by Crippen LogP contribution is -2.27. The SMILES string of the molecule is CN(C)CC#Cc1ccncc1NC(=O)OC(C)(C)C. The molecule has 1 aromatic heterocycles. The number of carbonyl (C=O) groups is 1. The van der Waals surface area contributed by atoms with Crippen molar-refractivity contribution in [2.45, 2.75) is 26.4 Å². The Morgan fingerprint density at radius 3 is 2.75 bits per heavy atom. The molecule has 0 aliphatic heterocycles. The maximum atomic E-state index is 11.7. The van der Waals surface area contributed by atoms with E-state index in [0.29, 0.717) is 17.8 Å². The molecule has 5 heteroatoms. The molecular formula is C15H21N3O2. The molecule has 5 nitrogen and oxygen atoms in total. The average molecular weight is 275 g/mol. The van der Waals surface area contributed by atoms with Crippen LogP contribution in [0.1, 0.15) is 26.3 Å². The van der Waals surface area contributed by atoms with Crippen LogP contribution < -0.4 is 5.32 Å². The number of amides is 1. The molecule has 0 saturated heterocycles. The Hall–Kier alpha value is -2.06. The summed E-state index contributed by atoms with van der Waals surface area (Å²) < 4.78 is 5.21. The highest BCUT2D eigenvalue weighted by atomic mass is 16.6. The highest BCUT2D eigenvalue weighted by Crippen LogP contribution is 2.14. The minimum Gasteiger partial charge on any atom is -0.444 e. The summed E-state index contributed by atoms with van der Waals surface area (Å²) in [6.45, 7) is 6.09. The Balaban J connectivity index is 2.80. The van der Waals surface area contributed by atoms with Crippen LogP contribution in [0.15, 0.2) is 18.5 Å². The quantitative estimate of drug-likeness (QED) is 0.842. The lowest BCUT2D eigenvalue weighted by molar-refractivity contribution is 0.0636. The van der Waals surface area contributed by atoms with Crippen LogP contribution >= 0.6 is 0 Å². The minimum absolute atomic E-state index is 0.513. The van der Waals surface area contributed by atoms with Crippen molar-refractivity contribution in [2.24, 2.45) is 0 Å². The van der Waals surface area contributed by atoms with Crippen molar-refractivity contribution in [3.05, 3.63) is 24.0 Å². The van der Waals surface area contributed by atoms with Gasteiger partial charge in [-0.25, -0.2) is 4.79 Å². The van der Waals surface area contributed by atoms with Crippen LogP contribution in [0.3, 0.4) is 0 Å². The van der Waals surface area contributed by atoms with Gasteiger partial charge in [0.1, 0.15) is 5.60 Å². The number of nitrogens with one attached hydrogen (secondary N) is 1. The smallest absolute Gasteiger partial charge is 0.412 e. The van der Waals surface area contributed by atoms with E-state index < -0.39 is 11.7 Å². The van der Waals surface area contributed by atoms with Gasteiger partial charge in [-0.1, -0.05) is 11.8 Å². The topological polar surface area (TPSA) is 54.5 Å². The monoisotopic (exact) mass is 275 g/mol. The van der Waals surface area contributed by atoms with Crippen LogP contribution in [0, 0.1) is 11.8 Å². The molecule has 1 amide bonds. The molecule has 1 rings (SSSR count). The molecule has 0 aliphatic rings. The first kappa shape index (κ1) is 16.0. The summed E-state index contributed by atoms with van der Waals surface area (Å²) in [6.07, 6.45) is 2.69. The van der Waals surface area contributed by atoms with Crippen molar-refractivity contribution >= 4 is 11.8 Å². The Morgan fingerprint density at radius 2 is 2.15 bits per heavy atom. The molecule has 1 N–H and O–H groups in total. The van der Waals surface area contributed by atoms with Crippen molar-refractivity contribution in [2.75, 3.05) is 26.0 Å².